The smallest absolute Gasteiger partial charge is 0.114 e. The molecule has 0 aliphatic rings. The molecular weight excluding hydrogens is 150 g/mol. The summed E-state index contributed by atoms with van der Waals surface area (Å²) in [7, 11) is 0. The zero-order chi connectivity index (χ0) is 9.14. The standard InChI is InChI=1S/C10H13NO/c1-7-4-5-8(2)10(6-7)9(3)11-12/h4-6,9H,1-3H3. The van der Waals surface area contributed by atoms with E-state index in [1.165, 1.54) is 5.56 Å². The minimum Gasteiger partial charge on any atom is -0.150 e. The Balaban J connectivity index is 3.12. The average Bonchev–Trinajstić information content (AvgIpc) is 2.08. The van der Waals surface area contributed by atoms with Crippen LogP contribution in [0.2, 0.25) is 0 Å². The van der Waals surface area contributed by atoms with Gasteiger partial charge in [0.05, 0.1) is 0 Å². The molecule has 0 aliphatic carbocycles. The van der Waals surface area contributed by atoms with Gasteiger partial charge in [0.1, 0.15) is 6.04 Å². The summed E-state index contributed by atoms with van der Waals surface area (Å²) in [6.45, 7) is 5.83. The van der Waals surface area contributed by atoms with Crippen molar-refractivity contribution >= 4 is 0 Å². The second kappa shape index (κ2) is 3.48. The minimum atomic E-state index is -0.232. The molecule has 1 rings (SSSR count). The van der Waals surface area contributed by atoms with Crippen LogP contribution in [0, 0.1) is 18.8 Å². The lowest BCUT2D eigenvalue weighted by atomic mass is 10.0. The van der Waals surface area contributed by atoms with Gasteiger partial charge in [0, 0.05) is 0 Å². The highest BCUT2D eigenvalue weighted by Crippen LogP contribution is 2.21. The van der Waals surface area contributed by atoms with Gasteiger partial charge in [-0.1, -0.05) is 28.9 Å². The Bertz CT molecular complexity index is 294. The van der Waals surface area contributed by atoms with Crippen LogP contribution in [-0.4, -0.2) is 0 Å². The summed E-state index contributed by atoms with van der Waals surface area (Å²) in [6, 6.07) is 5.84. The van der Waals surface area contributed by atoms with Gasteiger partial charge in [0.2, 0.25) is 0 Å². The Morgan fingerprint density at radius 3 is 2.58 bits per heavy atom. The van der Waals surface area contributed by atoms with Crippen LogP contribution in [0.15, 0.2) is 23.4 Å². The highest BCUT2D eigenvalue weighted by Gasteiger charge is 2.07. The van der Waals surface area contributed by atoms with Crippen LogP contribution in [-0.2, 0) is 0 Å². The van der Waals surface area contributed by atoms with E-state index in [1.54, 1.807) is 0 Å². The predicted molar refractivity (Wildman–Crippen MR) is 50.1 cm³/mol. The van der Waals surface area contributed by atoms with E-state index in [0.717, 1.165) is 11.1 Å². The SMILES string of the molecule is Cc1ccc(C)c(C(C)N=O)c1. The van der Waals surface area contributed by atoms with Crippen molar-refractivity contribution in [1.29, 1.82) is 0 Å². The first kappa shape index (κ1) is 8.91. The Hall–Kier alpha value is -1.18. The van der Waals surface area contributed by atoms with Gasteiger partial charge in [0.15, 0.2) is 0 Å². The molecule has 0 spiro atoms. The largest absolute Gasteiger partial charge is 0.150 e. The summed E-state index contributed by atoms with van der Waals surface area (Å²) in [5.74, 6) is 0. The normalized spacial score (nSPS) is 12.6. The molecule has 0 radical (unpaired) electrons. The van der Waals surface area contributed by atoms with Crippen LogP contribution in [0.25, 0.3) is 0 Å². The van der Waals surface area contributed by atoms with Crippen molar-refractivity contribution in [2.45, 2.75) is 26.8 Å². The van der Waals surface area contributed by atoms with Gasteiger partial charge in [-0.2, -0.15) is 4.91 Å². The second-order valence-corrected chi connectivity index (χ2v) is 3.14. The van der Waals surface area contributed by atoms with Crippen molar-refractivity contribution in [2.75, 3.05) is 0 Å². The highest BCUT2D eigenvalue weighted by atomic mass is 16.3. The van der Waals surface area contributed by atoms with Crippen molar-refractivity contribution < 1.29 is 0 Å². The van der Waals surface area contributed by atoms with Crippen LogP contribution >= 0.6 is 0 Å². The lowest BCUT2D eigenvalue weighted by Gasteiger charge is -2.07. The van der Waals surface area contributed by atoms with E-state index in [9.17, 15) is 4.91 Å². The third-order valence-corrected chi connectivity index (χ3v) is 2.04. The molecule has 2 heteroatoms. The molecule has 1 aromatic carbocycles. The number of aryl methyl sites for hydroxylation is 2. The summed E-state index contributed by atoms with van der Waals surface area (Å²) in [6.07, 6.45) is 0. The molecule has 0 N–H and O–H groups in total. The fraction of sp³-hybridized carbons (Fsp3) is 0.400. The van der Waals surface area contributed by atoms with E-state index in [-0.39, 0.29) is 6.04 Å². The number of benzene rings is 1. The van der Waals surface area contributed by atoms with E-state index in [4.69, 9.17) is 0 Å². The fourth-order valence-corrected chi connectivity index (χ4v) is 1.27. The molecule has 0 bridgehead atoms. The molecule has 1 aromatic rings. The lowest BCUT2D eigenvalue weighted by molar-refractivity contribution is 0.802. The molecule has 64 valence electrons. The minimum absolute atomic E-state index is 0.232. The zero-order valence-electron chi connectivity index (χ0n) is 7.66. The first-order valence-electron chi connectivity index (χ1n) is 4.04. The summed E-state index contributed by atoms with van der Waals surface area (Å²) in [5.41, 5.74) is 3.34. The van der Waals surface area contributed by atoms with Crippen LogP contribution in [0.4, 0.5) is 0 Å². The summed E-state index contributed by atoms with van der Waals surface area (Å²) >= 11 is 0. The Morgan fingerprint density at radius 1 is 1.33 bits per heavy atom. The number of hydrogen-bond acceptors (Lipinski definition) is 2. The monoisotopic (exact) mass is 163 g/mol. The molecule has 0 fully saturated rings. The maximum atomic E-state index is 10.3. The maximum Gasteiger partial charge on any atom is 0.114 e. The number of nitroso groups, excluding NO2 is 1. The van der Waals surface area contributed by atoms with E-state index in [2.05, 4.69) is 5.18 Å². The lowest BCUT2D eigenvalue weighted by Crippen LogP contribution is -1.93. The van der Waals surface area contributed by atoms with Crippen molar-refractivity contribution in [3.63, 3.8) is 0 Å². The van der Waals surface area contributed by atoms with Crippen molar-refractivity contribution in [1.82, 2.24) is 0 Å². The third-order valence-electron chi connectivity index (χ3n) is 2.04. The number of nitrogens with zero attached hydrogens (tertiary/aromatic N) is 1. The summed E-state index contributed by atoms with van der Waals surface area (Å²) in [4.78, 5) is 10.3. The molecule has 12 heavy (non-hydrogen) atoms. The zero-order valence-corrected chi connectivity index (χ0v) is 7.66. The van der Waals surface area contributed by atoms with E-state index in [0.29, 0.717) is 0 Å². The highest BCUT2D eigenvalue weighted by molar-refractivity contribution is 5.32. The molecule has 0 saturated heterocycles. The first-order chi connectivity index (χ1) is 5.65. The molecule has 0 aromatic heterocycles. The molecule has 0 saturated carbocycles. The van der Waals surface area contributed by atoms with Crippen molar-refractivity contribution in [3.8, 4) is 0 Å². The van der Waals surface area contributed by atoms with Crippen LogP contribution in [0.3, 0.4) is 0 Å². The molecule has 2 nitrogen and oxygen atoms in total. The van der Waals surface area contributed by atoms with Gasteiger partial charge >= 0.3 is 0 Å². The van der Waals surface area contributed by atoms with Gasteiger partial charge in [0.25, 0.3) is 0 Å². The van der Waals surface area contributed by atoms with Gasteiger partial charge in [-0.25, -0.2) is 0 Å². The maximum absolute atomic E-state index is 10.3. The molecule has 0 aliphatic heterocycles. The van der Waals surface area contributed by atoms with Crippen molar-refractivity contribution in [3.05, 3.63) is 39.8 Å². The first-order valence-corrected chi connectivity index (χ1v) is 4.04. The molecule has 1 atom stereocenters. The second-order valence-electron chi connectivity index (χ2n) is 3.14. The van der Waals surface area contributed by atoms with Gasteiger partial charge in [-0.3, -0.25) is 0 Å². The summed E-state index contributed by atoms with van der Waals surface area (Å²) < 4.78 is 0. The quantitative estimate of drug-likeness (QED) is 0.616. The Kier molecular flexibility index (Phi) is 2.58. The van der Waals surface area contributed by atoms with E-state index >= 15 is 0 Å². The summed E-state index contributed by atoms with van der Waals surface area (Å²) in [5, 5.41) is 3.01. The van der Waals surface area contributed by atoms with Gasteiger partial charge in [-0.15, -0.1) is 0 Å². The molecule has 0 amide bonds. The van der Waals surface area contributed by atoms with Gasteiger partial charge < -0.3 is 0 Å². The van der Waals surface area contributed by atoms with Crippen molar-refractivity contribution in [2.24, 2.45) is 5.18 Å². The van der Waals surface area contributed by atoms with Gasteiger partial charge in [-0.05, 0) is 31.9 Å². The topological polar surface area (TPSA) is 29.4 Å². The number of rotatable bonds is 2. The fourth-order valence-electron chi connectivity index (χ4n) is 1.27. The van der Waals surface area contributed by atoms with Crippen LogP contribution in [0.1, 0.15) is 29.7 Å². The number of hydrogen-bond donors (Lipinski definition) is 0. The molecule has 0 heterocycles. The molecular formula is C10H13NO. The third kappa shape index (κ3) is 1.70. The Labute approximate surface area is 72.6 Å². The Morgan fingerprint density at radius 2 is 2.00 bits per heavy atom. The van der Waals surface area contributed by atoms with Crippen LogP contribution < -0.4 is 0 Å². The average molecular weight is 163 g/mol. The van der Waals surface area contributed by atoms with E-state index < -0.39 is 0 Å². The van der Waals surface area contributed by atoms with E-state index in [1.807, 2.05) is 39.0 Å². The predicted octanol–water partition coefficient (Wildman–Crippen LogP) is 3.13. The molecule has 1 unspecified atom stereocenters. The van der Waals surface area contributed by atoms with Crippen LogP contribution in [0.5, 0.6) is 0 Å².